The Bertz CT molecular complexity index is 709. The van der Waals surface area contributed by atoms with Crippen molar-refractivity contribution < 1.29 is 17.9 Å². The van der Waals surface area contributed by atoms with E-state index in [1.807, 2.05) is 6.92 Å². The van der Waals surface area contributed by atoms with Gasteiger partial charge in [0.1, 0.15) is 0 Å². The Morgan fingerprint density at radius 2 is 2.09 bits per heavy atom. The summed E-state index contributed by atoms with van der Waals surface area (Å²) in [4.78, 5) is 12.0. The van der Waals surface area contributed by atoms with Crippen molar-refractivity contribution in [1.29, 1.82) is 0 Å². The molecule has 0 unspecified atom stereocenters. The van der Waals surface area contributed by atoms with E-state index in [4.69, 9.17) is 11.2 Å². The Balaban J connectivity index is 2.36. The summed E-state index contributed by atoms with van der Waals surface area (Å²) in [6, 6.07) is 5.86. The first kappa shape index (κ1) is 17.8. The number of hydrogen-bond acceptors (Lipinski definition) is 4. The second-order valence-corrected chi connectivity index (χ2v) is 8.33. The third kappa shape index (κ3) is 3.88. The van der Waals surface area contributed by atoms with E-state index in [1.165, 1.54) is 12.1 Å². The minimum Gasteiger partial charge on any atom is -0.449 e. The van der Waals surface area contributed by atoms with Crippen molar-refractivity contribution in [2.45, 2.75) is 42.0 Å². The summed E-state index contributed by atoms with van der Waals surface area (Å²) in [5.41, 5.74) is 0.939. The fourth-order valence-corrected chi connectivity index (χ4v) is 4.88. The summed E-state index contributed by atoms with van der Waals surface area (Å²) < 4.78 is 31.5. The number of halogens is 1. The van der Waals surface area contributed by atoms with Gasteiger partial charge in [0.15, 0.2) is 0 Å². The lowest BCUT2D eigenvalue weighted by atomic mass is 10.1. The van der Waals surface area contributed by atoms with E-state index in [0.717, 1.165) is 9.87 Å². The number of sulfonamides is 1. The highest BCUT2D eigenvalue weighted by atomic mass is 79.9. The van der Waals surface area contributed by atoms with Crippen molar-refractivity contribution in [3.8, 4) is 12.3 Å². The topological polar surface area (TPSA) is 63.7 Å². The van der Waals surface area contributed by atoms with Gasteiger partial charge in [-0.25, -0.2) is 13.2 Å². The number of rotatable bonds is 5. The van der Waals surface area contributed by atoms with Crippen molar-refractivity contribution in [2.24, 2.45) is 0 Å². The Kier molecular flexibility index (Phi) is 5.71. The van der Waals surface area contributed by atoms with Crippen molar-refractivity contribution in [1.82, 2.24) is 4.31 Å². The number of hydrogen-bond donors (Lipinski definition) is 0. The zero-order valence-corrected chi connectivity index (χ0v) is 15.1. The minimum atomic E-state index is -3.97. The molecule has 0 spiro atoms. The average molecular weight is 400 g/mol. The minimum absolute atomic E-state index is 0.0728. The smallest absolute Gasteiger partial charge is 0.424 e. The van der Waals surface area contributed by atoms with Gasteiger partial charge in [-0.3, -0.25) is 0 Å². The molecule has 23 heavy (non-hydrogen) atoms. The largest absolute Gasteiger partial charge is 0.449 e. The summed E-state index contributed by atoms with van der Waals surface area (Å²) in [6.45, 7) is 2.06. The molecule has 0 bridgehead atoms. The van der Waals surface area contributed by atoms with E-state index in [9.17, 15) is 13.2 Å². The molecule has 1 aliphatic heterocycles. The summed E-state index contributed by atoms with van der Waals surface area (Å²) >= 11 is 3.48. The Hall–Kier alpha value is -1.52. The van der Waals surface area contributed by atoms with Gasteiger partial charge in [-0.2, -0.15) is 4.31 Å². The van der Waals surface area contributed by atoms with E-state index in [0.29, 0.717) is 19.3 Å². The van der Waals surface area contributed by atoms with Gasteiger partial charge in [-0.15, -0.1) is 12.3 Å². The van der Waals surface area contributed by atoms with Crippen molar-refractivity contribution in [3.63, 3.8) is 0 Å². The lowest BCUT2D eigenvalue weighted by Gasteiger charge is -2.36. The van der Waals surface area contributed by atoms with Crippen LogP contribution in [0.4, 0.5) is 4.79 Å². The fraction of sp³-hybridized carbons (Fsp3) is 0.438. The number of carbonyl (C=O) groups is 1. The Labute approximate surface area is 145 Å². The van der Waals surface area contributed by atoms with Crippen LogP contribution in [0.3, 0.4) is 0 Å². The highest BCUT2D eigenvalue weighted by molar-refractivity contribution is 9.09. The van der Waals surface area contributed by atoms with E-state index in [-0.39, 0.29) is 16.3 Å². The first-order valence-corrected chi connectivity index (χ1v) is 9.59. The molecule has 1 aromatic carbocycles. The van der Waals surface area contributed by atoms with E-state index >= 15 is 0 Å². The monoisotopic (exact) mass is 399 g/mol. The molecule has 5 nitrogen and oxygen atoms in total. The third-order valence-electron chi connectivity index (χ3n) is 3.68. The van der Waals surface area contributed by atoms with Crippen molar-refractivity contribution in [3.05, 3.63) is 29.8 Å². The van der Waals surface area contributed by atoms with Gasteiger partial charge in [0.25, 0.3) is 10.0 Å². The number of benzene rings is 1. The predicted molar refractivity (Wildman–Crippen MR) is 90.7 cm³/mol. The van der Waals surface area contributed by atoms with E-state index in [1.54, 1.807) is 12.1 Å². The molecule has 0 radical (unpaired) electrons. The molecule has 1 amide bonds. The molecule has 1 fully saturated rings. The molecule has 0 saturated carbocycles. The van der Waals surface area contributed by atoms with Gasteiger partial charge in [0.2, 0.25) is 0 Å². The predicted octanol–water partition coefficient (Wildman–Crippen LogP) is 3.07. The fourth-order valence-electron chi connectivity index (χ4n) is 2.42. The van der Waals surface area contributed by atoms with Gasteiger partial charge >= 0.3 is 6.09 Å². The second kappa shape index (κ2) is 7.37. The number of cyclic esters (lactones) is 1. The molecule has 124 valence electrons. The molecule has 0 aliphatic carbocycles. The molecule has 1 heterocycles. The lowest BCUT2D eigenvalue weighted by molar-refractivity contribution is 0.0783. The maximum atomic E-state index is 12.9. The molecule has 1 aliphatic rings. The molecule has 7 heteroatoms. The van der Waals surface area contributed by atoms with E-state index in [2.05, 4.69) is 21.9 Å². The van der Waals surface area contributed by atoms with Crippen LogP contribution >= 0.6 is 15.9 Å². The molecular weight excluding hydrogens is 382 g/mol. The normalized spacial score (nSPS) is 19.8. The maximum absolute atomic E-state index is 12.9. The molecule has 2 atom stereocenters. The molecule has 1 saturated heterocycles. The second-order valence-electron chi connectivity index (χ2n) is 5.34. The third-order valence-corrected chi connectivity index (χ3v) is 6.55. The summed E-state index contributed by atoms with van der Waals surface area (Å²) in [5.74, 6) is 2.53. The number of aryl methyl sites for hydroxylation is 1. The van der Waals surface area contributed by atoms with Crippen LogP contribution in [0.25, 0.3) is 0 Å². The summed E-state index contributed by atoms with van der Waals surface area (Å²) in [7, 11) is -3.97. The van der Waals surface area contributed by atoms with Crippen LogP contribution < -0.4 is 0 Å². The zero-order chi connectivity index (χ0) is 17.0. The van der Waals surface area contributed by atoms with Crippen molar-refractivity contribution in [2.75, 3.05) is 6.61 Å². The number of amides is 1. The maximum Gasteiger partial charge on any atom is 0.424 e. The molecule has 1 aromatic rings. The number of alkyl halides is 1. The molecule has 0 N–H and O–H groups in total. The SMILES string of the molecule is C#CCC[C@H](Br)[C@H]1CCOC(=O)N1S(=O)(=O)c1ccc(C)cc1. The quantitative estimate of drug-likeness (QED) is 0.563. The van der Waals surface area contributed by atoms with Crippen LogP contribution in [0.1, 0.15) is 24.8 Å². The van der Waals surface area contributed by atoms with E-state index < -0.39 is 22.2 Å². The van der Waals surface area contributed by atoms with Gasteiger partial charge in [-0.05, 0) is 25.5 Å². The first-order valence-electron chi connectivity index (χ1n) is 7.23. The molecular formula is C16H18BrNO4S. The Morgan fingerprint density at radius 3 is 2.70 bits per heavy atom. The number of terminal acetylenes is 1. The van der Waals surface area contributed by atoms with Crippen LogP contribution in [-0.4, -0.2) is 36.3 Å². The van der Waals surface area contributed by atoms with Gasteiger partial charge in [-0.1, -0.05) is 33.6 Å². The van der Waals surface area contributed by atoms with Crippen LogP contribution in [0, 0.1) is 19.3 Å². The summed E-state index contributed by atoms with van der Waals surface area (Å²) in [5, 5.41) is 0. The average Bonchev–Trinajstić information content (AvgIpc) is 2.52. The van der Waals surface area contributed by atoms with Crippen LogP contribution in [0.15, 0.2) is 29.2 Å². The number of nitrogens with zero attached hydrogens (tertiary/aromatic N) is 1. The standard InChI is InChI=1S/C16H18BrNO4S/c1-3-4-5-14(17)15-10-11-22-16(19)18(15)23(20,21)13-8-6-12(2)7-9-13/h1,6-9,14-15H,4-5,10-11H2,2H3/t14-,15+/m0/s1. The lowest BCUT2D eigenvalue weighted by Crippen LogP contribution is -2.52. The van der Waals surface area contributed by atoms with Gasteiger partial charge in [0, 0.05) is 17.7 Å². The highest BCUT2D eigenvalue weighted by Gasteiger charge is 2.42. The molecule has 0 aromatic heterocycles. The first-order chi connectivity index (χ1) is 10.9. The summed E-state index contributed by atoms with van der Waals surface area (Å²) in [6.07, 6.45) is 5.93. The highest BCUT2D eigenvalue weighted by Crippen LogP contribution is 2.30. The van der Waals surface area contributed by atoms with Crippen LogP contribution in [0.5, 0.6) is 0 Å². The van der Waals surface area contributed by atoms with Gasteiger partial charge < -0.3 is 4.74 Å². The Morgan fingerprint density at radius 1 is 1.43 bits per heavy atom. The zero-order valence-electron chi connectivity index (χ0n) is 12.7. The number of ether oxygens (including phenoxy) is 1. The van der Waals surface area contributed by atoms with Crippen LogP contribution in [-0.2, 0) is 14.8 Å². The van der Waals surface area contributed by atoms with Crippen LogP contribution in [0.2, 0.25) is 0 Å². The van der Waals surface area contributed by atoms with Gasteiger partial charge in [0.05, 0.1) is 17.5 Å². The van der Waals surface area contributed by atoms with Crippen molar-refractivity contribution >= 4 is 32.0 Å². The molecule has 2 rings (SSSR count). The number of carbonyl (C=O) groups excluding carboxylic acids is 1.